The summed E-state index contributed by atoms with van der Waals surface area (Å²) in [6.07, 6.45) is 1.22. The summed E-state index contributed by atoms with van der Waals surface area (Å²) in [5, 5.41) is 0. The largest absolute Gasteiger partial charge is 0.106 e. The molecule has 1 unspecified atom stereocenters. The predicted octanol–water partition coefficient (Wildman–Crippen LogP) is 3.72. The molecule has 0 radical (unpaired) electrons. The molecule has 0 aliphatic rings. The van der Waals surface area contributed by atoms with E-state index in [1.165, 1.54) is 6.42 Å². The summed E-state index contributed by atoms with van der Waals surface area (Å²) in [7, 11) is 0. The lowest BCUT2D eigenvalue weighted by Gasteiger charge is -2.30. The molecule has 0 spiro atoms. The van der Waals surface area contributed by atoms with Crippen LogP contribution in [0.3, 0.4) is 0 Å². The topological polar surface area (TPSA) is 0 Å². The predicted molar refractivity (Wildman–Crippen MR) is 55.9 cm³/mol. The first-order chi connectivity index (χ1) is 5.43. The molecule has 2 atom stereocenters. The van der Waals surface area contributed by atoms with Gasteiger partial charge in [0.25, 0.3) is 0 Å². The van der Waals surface area contributed by atoms with E-state index in [2.05, 4.69) is 46.5 Å². The summed E-state index contributed by atoms with van der Waals surface area (Å²) in [5.74, 6) is 7.60. The van der Waals surface area contributed by atoms with Crippen molar-refractivity contribution in [3.05, 3.63) is 0 Å². The summed E-state index contributed by atoms with van der Waals surface area (Å²) in [4.78, 5) is 0. The van der Waals surface area contributed by atoms with Gasteiger partial charge in [-0.25, -0.2) is 0 Å². The van der Waals surface area contributed by atoms with Crippen molar-refractivity contribution in [3.8, 4) is 11.8 Å². The third kappa shape index (κ3) is 3.30. The quantitative estimate of drug-likeness (QED) is 0.548. The Bertz CT molecular complexity index is 172. The van der Waals surface area contributed by atoms with Crippen molar-refractivity contribution >= 4 is 0 Å². The number of hydrogen-bond donors (Lipinski definition) is 0. The minimum Gasteiger partial charge on any atom is -0.106 e. The summed E-state index contributed by atoms with van der Waals surface area (Å²) in [5.41, 5.74) is 0.318. The molecule has 0 aromatic rings. The van der Waals surface area contributed by atoms with Gasteiger partial charge in [-0.1, -0.05) is 47.0 Å². The first-order valence-corrected chi connectivity index (χ1v) is 4.85. The summed E-state index contributed by atoms with van der Waals surface area (Å²) >= 11 is 0. The lowest BCUT2D eigenvalue weighted by molar-refractivity contribution is 0.224. The highest BCUT2D eigenvalue weighted by atomic mass is 14.3. The first kappa shape index (κ1) is 11.6. The third-order valence-corrected chi connectivity index (χ3v) is 2.45. The molecule has 0 rings (SSSR count). The van der Waals surface area contributed by atoms with Gasteiger partial charge in [-0.3, -0.25) is 0 Å². The molecule has 0 fully saturated rings. The van der Waals surface area contributed by atoms with E-state index in [1.54, 1.807) is 0 Å². The minimum atomic E-state index is 0.318. The Balaban J connectivity index is 4.51. The van der Waals surface area contributed by atoms with Crippen molar-refractivity contribution in [1.82, 2.24) is 0 Å². The summed E-state index contributed by atoms with van der Waals surface area (Å²) in [6.45, 7) is 13.3. The van der Waals surface area contributed by atoms with E-state index in [9.17, 15) is 0 Å². The van der Waals surface area contributed by atoms with Crippen LogP contribution >= 0.6 is 0 Å². The van der Waals surface area contributed by atoms with Crippen LogP contribution < -0.4 is 0 Å². The fourth-order valence-electron chi connectivity index (χ4n) is 1.60. The Hall–Kier alpha value is -0.440. The molecular weight excluding hydrogens is 144 g/mol. The minimum absolute atomic E-state index is 0.318. The van der Waals surface area contributed by atoms with Crippen molar-refractivity contribution in [3.63, 3.8) is 0 Å². The van der Waals surface area contributed by atoms with Crippen molar-refractivity contribution in [2.24, 2.45) is 17.3 Å². The van der Waals surface area contributed by atoms with Gasteiger partial charge in [0.05, 0.1) is 0 Å². The average Bonchev–Trinajstić information content (AvgIpc) is 1.96. The second-order valence-corrected chi connectivity index (χ2v) is 4.62. The first-order valence-electron chi connectivity index (χ1n) is 4.85. The smallest absolute Gasteiger partial charge is 0.0276 e. The molecule has 0 saturated carbocycles. The fraction of sp³-hybridized carbons (Fsp3) is 0.833. The zero-order valence-electron chi connectivity index (χ0n) is 9.36. The lowest BCUT2D eigenvalue weighted by atomic mass is 9.73. The highest BCUT2D eigenvalue weighted by Crippen LogP contribution is 2.32. The number of hydrogen-bond acceptors (Lipinski definition) is 0. The van der Waals surface area contributed by atoms with Crippen LogP contribution in [0.5, 0.6) is 0 Å². The Morgan fingerprint density at radius 2 is 1.75 bits per heavy atom. The molecule has 0 aliphatic carbocycles. The van der Waals surface area contributed by atoms with Gasteiger partial charge < -0.3 is 0 Å². The molecule has 0 aromatic heterocycles. The Labute approximate surface area is 77.8 Å². The van der Waals surface area contributed by atoms with Crippen LogP contribution in [-0.4, -0.2) is 0 Å². The SMILES string of the molecule is CC#C[C@@H](C(C)CC)C(C)(C)C. The molecule has 0 nitrogen and oxygen atoms in total. The normalized spacial score (nSPS) is 16.2. The molecule has 0 aliphatic heterocycles. The summed E-state index contributed by atoms with van der Waals surface area (Å²) in [6, 6.07) is 0. The van der Waals surface area contributed by atoms with Crippen molar-refractivity contribution in [1.29, 1.82) is 0 Å². The maximum Gasteiger partial charge on any atom is 0.0276 e. The molecule has 0 heteroatoms. The maximum atomic E-state index is 3.32. The van der Waals surface area contributed by atoms with Gasteiger partial charge in [0.1, 0.15) is 0 Å². The monoisotopic (exact) mass is 166 g/mol. The van der Waals surface area contributed by atoms with E-state index in [0.29, 0.717) is 17.3 Å². The van der Waals surface area contributed by atoms with Gasteiger partial charge in [-0.2, -0.15) is 0 Å². The maximum absolute atomic E-state index is 3.32. The lowest BCUT2D eigenvalue weighted by Crippen LogP contribution is -2.25. The zero-order chi connectivity index (χ0) is 9.78. The van der Waals surface area contributed by atoms with Crippen LogP contribution in [0, 0.1) is 29.1 Å². The van der Waals surface area contributed by atoms with E-state index in [4.69, 9.17) is 0 Å². The molecule has 0 N–H and O–H groups in total. The van der Waals surface area contributed by atoms with Gasteiger partial charge in [0, 0.05) is 5.92 Å². The molecular formula is C12H22. The van der Waals surface area contributed by atoms with Crippen LogP contribution in [-0.2, 0) is 0 Å². The van der Waals surface area contributed by atoms with Crippen LogP contribution in [0.1, 0.15) is 48.0 Å². The Morgan fingerprint density at radius 3 is 2.00 bits per heavy atom. The highest BCUT2D eigenvalue weighted by molar-refractivity contribution is 5.06. The molecule has 0 bridgehead atoms. The number of rotatable bonds is 2. The molecule has 0 aromatic carbocycles. The molecule has 70 valence electrons. The highest BCUT2D eigenvalue weighted by Gasteiger charge is 2.26. The van der Waals surface area contributed by atoms with Crippen LogP contribution in [0.25, 0.3) is 0 Å². The van der Waals surface area contributed by atoms with E-state index in [-0.39, 0.29) is 0 Å². The van der Waals surface area contributed by atoms with Gasteiger partial charge in [-0.15, -0.1) is 5.92 Å². The van der Waals surface area contributed by atoms with Gasteiger partial charge >= 0.3 is 0 Å². The molecule has 12 heavy (non-hydrogen) atoms. The van der Waals surface area contributed by atoms with Crippen molar-refractivity contribution in [2.45, 2.75) is 48.0 Å². The van der Waals surface area contributed by atoms with Crippen LogP contribution in [0.4, 0.5) is 0 Å². The van der Waals surface area contributed by atoms with E-state index in [0.717, 1.165) is 0 Å². The summed E-state index contributed by atoms with van der Waals surface area (Å²) < 4.78 is 0. The van der Waals surface area contributed by atoms with Gasteiger partial charge in [-0.05, 0) is 18.3 Å². The standard InChI is InChI=1S/C12H22/c1-7-9-11(10(3)8-2)12(4,5)6/h10-11H,8H2,1-6H3/t10?,11-/m0/s1. The fourth-order valence-corrected chi connectivity index (χ4v) is 1.60. The van der Waals surface area contributed by atoms with Gasteiger partial charge in [0.2, 0.25) is 0 Å². The Kier molecular flexibility index (Phi) is 4.39. The van der Waals surface area contributed by atoms with Crippen LogP contribution in [0.2, 0.25) is 0 Å². The van der Waals surface area contributed by atoms with Crippen molar-refractivity contribution in [2.75, 3.05) is 0 Å². The third-order valence-electron chi connectivity index (χ3n) is 2.45. The van der Waals surface area contributed by atoms with E-state index < -0.39 is 0 Å². The molecule has 0 saturated heterocycles. The molecule has 0 heterocycles. The van der Waals surface area contributed by atoms with Crippen LogP contribution in [0.15, 0.2) is 0 Å². The second kappa shape index (κ2) is 4.55. The van der Waals surface area contributed by atoms with Crippen molar-refractivity contribution < 1.29 is 0 Å². The Morgan fingerprint density at radius 1 is 1.25 bits per heavy atom. The molecule has 0 amide bonds. The average molecular weight is 166 g/mol. The van der Waals surface area contributed by atoms with E-state index in [1.807, 2.05) is 6.92 Å². The van der Waals surface area contributed by atoms with Gasteiger partial charge in [0.15, 0.2) is 0 Å². The van der Waals surface area contributed by atoms with E-state index >= 15 is 0 Å². The second-order valence-electron chi connectivity index (χ2n) is 4.62. The zero-order valence-corrected chi connectivity index (χ0v) is 9.36.